The minimum Gasteiger partial charge on any atom is -0.481 e. The molecule has 2 aromatic heterocycles. The van der Waals surface area contributed by atoms with Gasteiger partial charge in [0.25, 0.3) is 5.91 Å². The van der Waals surface area contributed by atoms with Crippen LogP contribution in [0.5, 0.6) is 5.88 Å². The quantitative estimate of drug-likeness (QED) is 0.732. The van der Waals surface area contributed by atoms with Gasteiger partial charge in [-0.25, -0.2) is 9.67 Å². The molecule has 1 aliphatic rings. The fourth-order valence-corrected chi connectivity index (χ4v) is 2.74. The number of aromatic nitrogens is 3. The third kappa shape index (κ3) is 3.16. The summed E-state index contributed by atoms with van der Waals surface area (Å²) in [5, 5.41) is 7.41. The van der Waals surface area contributed by atoms with E-state index in [9.17, 15) is 4.79 Å². The van der Waals surface area contributed by atoms with Crippen molar-refractivity contribution in [1.82, 2.24) is 20.1 Å². The molecule has 2 heterocycles. The van der Waals surface area contributed by atoms with Crippen LogP contribution in [0.4, 0.5) is 0 Å². The number of rotatable bonds is 5. The number of nitrogens with zero attached hydrogens (tertiary/aromatic N) is 3. The fraction of sp³-hybridized carbons (Fsp3) is 0.211. The average Bonchev–Trinajstić information content (AvgIpc) is 3.20. The number of carbonyl (C=O) groups is 1. The van der Waals surface area contributed by atoms with Crippen molar-refractivity contribution in [2.75, 3.05) is 7.11 Å². The molecule has 3 aromatic rings. The van der Waals surface area contributed by atoms with E-state index in [1.54, 1.807) is 30.1 Å². The van der Waals surface area contributed by atoms with Crippen LogP contribution in [0, 0.1) is 0 Å². The van der Waals surface area contributed by atoms with Gasteiger partial charge < -0.3 is 15.8 Å². The summed E-state index contributed by atoms with van der Waals surface area (Å²) in [5.41, 5.74) is 8.63. The van der Waals surface area contributed by atoms with Gasteiger partial charge in [-0.1, -0.05) is 30.3 Å². The van der Waals surface area contributed by atoms with Crippen LogP contribution in [0.15, 0.2) is 54.7 Å². The van der Waals surface area contributed by atoms with E-state index < -0.39 is 0 Å². The van der Waals surface area contributed by atoms with Gasteiger partial charge in [-0.05, 0) is 18.6 Å². The molecule has 4 rings (SSSR count). The van der Waals surface area contributed by atoms with Crippen molar-refractivity contribution in [1.29, 1.82) is 0 Å². The van der Waals surface area contributed by atoms with Crippen molar-refractivity contribution in [2.45, 2.75) is 18.5 Å². The zero-order chi connectivity index (χ0) is 18.1. The van der Waals surface area contributed by atoms with Gasteiger partial charge in [0.1, 0.15) is 0 Å². The molecule has 7 heteroatoms. The molecule has 0 radical (unpaired) electrons. The van der Waals surface area contributed by atoms with Crippen LogP contribution >= 0.6 is 0 Å². The Morgan fingerprint density at radius 2 is 2.04 bits per heavy atom. The summed E-state index contributed by atoms with van der Waals surface area (Å²) in [4.78, 5) is 16.7. The number of benzene rings is 1. The summed E-state index contributed by atoms with van der Waals surface area (Å²) >= 11 is 0. The highest BCUT2D eigenvalue weighted by Crippen LogP contribution is 2.25. The Morgan fingerprint density at radius 3 is 2.65 bits per heavy atom. The number of carbonyl (C=O) groups excluding carboxylic acids is 1. The predicted octanol–water partition coefficient (Wildman–Crippen LogP) is 1.77. The highest BCUT2D eigenvalue weighted by Gasteiger charge is 2.35. The van der Waals surface area contributed by atoms with Crippen molar-refractivity contribution in [2.24, 2.45) is 5.73 Å². The second kappa shape index (κ2) is 6.61. The third-order valence-electron chi connectivity index (χ3n) is 4.34. The number of methoxy groups -OCH3 is 1. The lowest BCUT2D eigenvalue weighted by Crippen LogP contribution is -2.30. The van der Waals surface area contributed by atoms with E-state index in [4.69, 9.17) is 10.5 Å². The SMILES string of the molecule is COc1ccc(-n2nc(C(=O)N[C@@H]3C[C@@H]3N)cc2-c2ccccc2)cn1. The molecular formula is C19H19N5O2. The first kappa shape index (κ1) is 16.3. The van der Waals surface area contributed by atoms with Crippen LogP contribution in [-0.2, 0) is 0 Å². The lowest BCUT2D eigenvalue weighted by molar-refractivity contribution is 0.0945. The molecule has 7 nitrogen and oxygen atoms in total. The first-order valence-corrected chi connectivity index (χ1v) is 8.38. The number of hydrogen-bond acceptors (Lipinski definition) is 5. The number of hydrogen-bond donors (Lipinski definition) is 2. The Balaban J connectivity index is 1.73. The normalized spacial score (nSPS) is 18.4. The van der Waals surface area contributed by atoms with Gasteiger partial charge in [0.05, 0.1) is 24.7 Å². The molecule has 3 N–H and O–H groups in total. The fourth-order valence-electron chi connectivity index (χ4n) is 2.74. The summed E-state index contributed by atoms with van der Waals surface area (Å²) in [6.45, 7) is 0. The topological polar surface area (TPSA) is 95.1 Å². The molecule has 0 unspecified atom stereocenters. The maximum atomic E-state index is 12.5. The molecule has 26 heavy (non-hydrogen) atoms. The third-order valence-corrected chi connectivity index (χ3v) is 4.34. The van der Waals surface area contributed by atoms with Crippen LogP contribution in [0.3, 0.4) is 0 Å². The van der Waals surface area contributed by atoms with E-state index in [0.29, 0.717) is 11.6 Å². The zero-order valence-electron chi connectivity index (χ0n) is 14.3. The molecule has 0 saturated heterocycles. The van der Waals surface area contributed by atoms with E-state index in [2.05, 4.69) is 15.4 Å². The van der Waals surface area contributed by atoms with Crippen LogP contribution < -0.4 is 15.8 Å². The largest absolute Gasteiger partial charge is 0.481 e. The summed E-state index contributed by atoms with van der Waals surface area (Å²) in [5.74, 6) is 0.295. The molecule has 1 aliphatic carbocycles. The standard InChI is InChI=1S/C19H19N5O2/c1-26-18-8-7-13(11-21-18)24-17(12-5-3-2-4-6-12)10-16(23-24)19(25)22-15-9-14(15)20/h2-8,10-11,14-15H,9,20H2,1H3,(H,22,25)/t14-,15+/m0/s1. The van der Waals surface area contributed by atoms with E-state index in [0.717, 1.165) is 23.4 Å². The molecule has 0 spiro atoms. The van der Waals surface area contributed by atoms with E-state index in [-0.39, 0.29) is 18.0 Å². The molecule has 0 aliphatic heterocycles. The summed E-state index contributed by atoms with van der Waals surface area (Å²) in [6, 6.07) is 15.3. The summed E-state index contributed by atoms with van der Waals surface area (Å²) in [6.07, 6.45) is 2.47. The Morgan fingerprint density at radius 1 is 1.27 bits per heavy atom. The molecule has 0 bridgehead atoms. The minimum absolute atomic E-state index is 0.0375. The Kier molecular flexibility index (Phi) is 4.14. The lowest BCUT2D eigenvalue weighted by atomic mass is 10.1. The molecule has 1 aromatic carbocycles. The van der Waals surface area contributed by atoms with Gasteiger partial charge in [-0.15, -0.1) is 0 Å². The van der Waals surface area contributed by atoms with Crippen molar-refractivity contribution in [3.63, 3.8) is 0 Å². The van der Waals surface area contributed by atoms with E-state index >= 15 is 0 Å². The zero-order valence-corrected chi connectivity index (χ0v) is 14.3. The number of ether oxygens (including phenoxy) is 1. The van der Waals surface area contributed by atoms with Gasteiger partial charge >= 0.3 is 0 Å². The van der Waals surface area contributed by atoms with Gasteiger partial charge in [0, 0.05) is 23.7 Å². The number of nitrogens with one attached hydrogen (secondary N) is 1. The Hall–Kier alpha value is -3.19. The predicted molar refractivity (Wildman–Crippen MR) is 97.2 cm³/mol. The molecule has 2 atom stereocenters. The molecule has 1 fully saturated rings. The van der Waals surface area contributed by atoms with Crippen LogP contribution in [0.25, 0.3) is 16.9 Å². The lowest BCUT2D eigenvalue weighted by Gasteiger charge is -2.07. The number of nitrogens with two attached hydrogens (primary N) is 1. The van der Waals surface area contributed by atoms with Gasteiger partial charge in [-0.3, -0.25) is 4.79 Å². The first-order chi connectivity index (χ1) is 12.7. The van der Waals surface area contributed by atoms with Crippen LogP contribution in [0.1, 0.15) is 16.9 Å². The molecule has 1 amide bonds. The maximum Gasteiger partial charge on any atom is 0.272 e. The van der Waals surface area contributed by atoms with Crippen LogP contribution in [-0.4, -0.2) is 39.9 Å². The highest BCUT2D eigenvalue weighted by atomic mass is 16.5. The van der Waals surface area contributed by atoms with Crippen LogP contribution in [0.2, 0.25) is 0 Å². The summed E-state index contributed by atoms with van der Waals surface area (Å²) < 4.78 is 6.82. The van der Waals surface area contributed by atoms with Crippen molar-refractivity contribution in [3.8, 4) is 22.8 Å². The van der Waals surface area contributed by atoms with Gasteiger partial charge in [0.2, 0.25) is 5.88 Å². The molecule has 1 saturated carbocycles. The van der Waals surface area contributed by atoms with E-state index in [1.807, 2.05) is 36.4 Å². The Bertz CT molecular complexity index is 921. The summed E-state index contributed by atoms with van der Waals surface area (Å²) in [7, 11) is 1.57. The number of amides is 1. The van der Waals surface area contributed by atoms with Gasteiger partial charge in [0.15, 0.2) is 5.69 Å². The van der Waals surface area contributed by atoms with Crippen molar-refractivity contribution >= 4 is 5.91 Å². The van der Waals surface area contributed by atoms with Gasteiger partial charge in [-0.2, -0.15) is 5.10 Å². The highest BCUT2D eigenvalue weighted by molar-refractivity contribution is 5.94. The average molecular weight is 349 g/mol. The maximum absolute atomic E-state index is 12.5. The van der Waals surface area contributed by atoms with E-state index in [1.165, 1.54) is 0 Å². The second-order valence-corrected chi connectivity index (χ2v) is 6.23. The number of pyridine rings is 1. The smallest absolute Gasteiger partial charge is 0.272 e. The monoisotopic (exact) mass is 349 g/mol. The molecule has 132 valence electrons. The first-order valence-electron chi connectivity index (χ1n) is 8.38. The van der Waals surface area contributed by atoms with Crippen molar-refractivity contribution < 1.29 is 9.53 Å². The second-order valence-electron chi connectivity index (χ2n) is 6.23. The Labute approximate surface area is 150 Å². The molecular weight excluding hydrogens is 330 g/mol. The van der Waals surface area contributed by atoms with Crippen molar-refractivity contribution in [3.05, 3.63) is 60.4 Å². The minimum atomic E-state index is -0.222.